The van der Waals surface area contributed by atoms with Crippen LogP contribution in [0.15, 0.2) is 0 Å². The average molecular weight is 1090 g/mol. The van der Waals surface area contributed by atoms with Gasteiger partial charge >= 0.3 is 39.5 Å². The molecule has 0 heterocycles. The molecule has 5 atom stereocenters. The molecule has 0 aromatic rings. The monoisotopic (exact) mass is 1090 g/mol. The summed E-state index contributed by atoms with van der Waals surface area (Å²) in [6.45, 7) is 6.88. The van der Waals surface area contributed by atoms with Gasteiger partial charge in [-0.05, 0) is 31.6 Å². The Balaban J connectivity index is 5.14. The highest BCUT2D eigenvalue weighted by Gasteiger charge is 2.30. The molecule has 2 unspecified atom stereocenters. The van der Waals surface area contributed by atoms with Gasteiger partial charge in [0.2, 0.25) is 0 Å². The molecule has 0 aromatic carbocycles. The Hall–Kier alpha value is -1.94. The standard InChI is InChI=1S/C54H104O17P2/c1-6-9-12-15-16-17-18-19-20-21-24-30-35-40-54(59)71-50(44-65-52(57)38-33-29-25-22-23-28-31-36-47(4)5)46-69-73(62,63)67-42-48(55)41-66-72(60,61)68-45-49(70-53(58)39-34-27-14-11-8-3)43-64-51(56)37-32-26-13-10-7-2/h47-50,55H,6-46H2,1-5H3,(H,60,61)(H,62,63)/t48-,49+,50+/m0/s1. The number of rotatable bonds is 54. The smallest absolute Gasteiger partial charge is 0.462 e. The van der Waals surface area contributed by atoms with Crippen LogP contribution in [0.25, 0.3) is 0 Å². The molecule has 432 valence electrons. The molecule has 0 aliphatic heterocycles. The summed E-state index contributed by atoms with van der Waals surface area (Å²) in [4.78, 5) is 71.2. The number of esters is 4. The molecule has 0 rings (SSSR count). The molecule has 19 heteroatoms. The van der Waals surface area contributed by atoms with Gasteiger partial charge in [-0.3, -0.25) is 37.3 Å². The maximum absolute atomic E-state index is 12.9. The summed E-state index contributed by atoms with van der Waals surface area (Å²) >= 11 is 0. The molecule has 17 nitrogen and oxygen atoms in total. The van der Waals surface area contributed by atoms with Crippen molar-refractivity contribution in [2.75, 3.05) is 39.6 Å². The van der Waals surface area contributed by atoms with Crippen molar-refractivity contribution in [3.63, 3.8) is 0 Å². The van der Waals surface area contributed by atoms with Crippen molar-refractivity contribution in [2.45, 2.75) is 278 Å². The second-order valence-electron chi connectivity index (χ2n) is 20.1. The van der Waals surface area contributed by atoms with Crippen LogP contribution >= 0.6 is 15.6 Å². The van der Waals surface area contributed by atoms with E-state index in [9.17, 15) is 43.2 Å². The second-order valence-corrected chi connectivity index (χ2v) is 23.0. The van der Waals surface area contributed by atoms with Gasteiger partial charge in [0.05, 0.1) is 26.4 Å². The average Bonchev–Trinajstić information content (AvgIpc) is 3.35. The SMILES string of the molecule is CCCCCCCCCCCCCCCC(=O)O[C@H](COC(=O)CCCCCCCCCC(C)C)COP(=O)(O)OC[C@@H](O)COP(=O)(O)OC[C@@H](COC(=O)CCCCCCC)OC(=O)CCCCCCC. The van der Waals surface area contributed by atoms with Crippen molar-refractivity contribution < 1.29 is 80.2 Å². The van der Waals surface area contributed by atoms with Gasteiger partial charge in [0.25, 0.3) is 0 Å². The van der Waals surface area contributed by atoms with E-state index < -0.39 is 97.5 Å². The Bertz CT molecular complexity index is 1450. The highest BCUT2D eigenvalue weighted by atomic mass is 31.2. The van der Waals surface area contributed by atoms with Crippen molar-refractivity contribution in [2.24, 2.45) is 5.92 Å². The number of ether oxygens (including phenoxy) is 4. The lowest BCUT2D eigenvalue weighted by atomic mass is 10.0. The molecule has 0 saturated heterocycles. The van der Waals surface area contributed by atoms with E-state index in [1.165, 1.54) is 70.6 Å². The van der Waals surface area contributed by atoms with Crippen LogP contribution in [0.4, 0.5) is 0 Å². The molecule has 0 bridgehead atoms. The van der Waals surface area contributed by atoms with E-state index in [2.05, 4.69) is 34.6 Å². The molecule has 0 radical (unpaired) electrons. The first-order chi connectivity index (χ1) is 35.0. The van der Waals surface area contributed by atoms with Crippen LogP contribution < -0.4 is 0 Å². The van der Waals surface area contributed by atoms with Gasteiger partial charge in [-0.2, -0.15) is 0 Å². The Morgan fingerprint density at radius 3 is 0.932 bits per heavy atom. The molecule has 0 saturated carbocycles. The fourth-order valence-electron chi connectivity index (χ4n) is 7.81. The van der Waals surface area contributed by atoms with Crippen LogP contribution in [0.5, 0.6) is 0 Å². The summed E-state index contributed by atoms with van der Waals surface area (Å²) in [6, 6.07) is 0. The second kappa shape index (κ2) is 48.4. The highest BCUT2D eigenvalue weighted by molar-refractivity contribution is 7.47. The zero-order valence-corrected chi connectivity index (χ0v) is 48.0. The van der Waals surface area contributed by atoms with E-state index in [4.69, 9.17) is 37.0 Å². The Morgan fingerprint density at radius 1 is 0.370 bits per heavy atom. The minimum atomic E-state index is -4.93. The zero-order chi connectivity index (χ0) is 54.3. The van der Waals surface area contributed by atoms with Gasteiger partial charge in [0, 0.05) is 25.7 Å². The third-order valence-electron chi connectivity index (χ3n) is 12.3. The number of aliphatic hydroxyl groups excluding tert-OH is 1. The first-order valence-corrected chi connectivity index (χ1v) is 31.6. The minimum absolute atomic E-state index is 0.0986. The molecule has 0 fully saturated rings. The molecular weight excluding hydrogens is 983 g/mol. The minimum Gasteiger partial charge on any atom is -0.462 e. The van der Waals surface area contributed by atoms with Crippen LogP contribution in [0, 0.1) is 5.92 Å². The summed E-state index contributed by atoms with van der Waals surface area (Å²) in [5.74, 6) is -1.46. The topological polar surface area (TPSA) is 237 Å². The third kappa shape index (κ3) is 49.4. The lowest BCUT2D eigenvalue weighted by Gasteiger charge is -2.21. The predicted molar refractivity (Wildman–Crippen MR) is 285 cm³/mol. The lowest BCUT2D eigenvalue weighted by Crippen LogP contribution is -2.30. The highest BCUT2D eigenvalue weighted by Crippen LogP contribution is 2.45. The number of carbonyl (C=O) groups is 4. The Labute approximate surface area is 441 Å². The molecule has 0 aromatic heterocycles. The molecule has 0 spiro atoms. The largest absolute Gasteiger partial charge is 0.472 e. The van der Waals surface area contributed by atoms with Gasteiger partial charge in [0.15, 0.2) is 12.2 Å². The summed E-state index contributed by atoms with van der Waals surface area (Å²) in [6.07, 6.45) is 28.8. The predicted octanol–water partition coefficient (Wildman–Crippen LogP) is 13.9. The molecular formula is C54H104O17P2. The number of phosphoric acid groups is 2. The van der Waals surface area contributed by atoms with Crippen LogP contribution in [0.1, 0.15) is 259 Å². The number of phosphoric ester groups is 2. The molecule has 0 aliphatic rings. The number of aliphatic hydroxyl groups is 1. The number of hydrogen-bond acceptors (Lipinski definition) is 15. The summed E-state index contributed by atoms with van der Waals surface area (Å²) in [5, 5.41) is 10.4. The van der Waals surface area contributed by atoms with Crippen molar-refractivity contribution >= 4 is 39.5 Å². The van der Waals surface area contributed by atoms with E-state index in [0.29, 0.717) is 31.6 Å². The number of carbonyl (C=O) groups excluding carboxylic acids is 4. The van der Waals surface area contributed by atoms with Crippen LogP contribution in [0.2, 0.25) is 0 Å². The van der Waals surface area contributed by atoms with Gasteiger partial charge in [-0.25, -0.2) is 9.13 Å². The van der Waals surface area contributed by atoms with E-state index in [1.54, 1.807) is 0 Å². The Kier molecular flexibility index (Phi) is 47.1. The summed E-state index contributed by atoms with van der Waals surface area (Å²) in [7, 11) is -9.85. The molecule has 0 aliphatic carbocycles. The van der Waals surface area contributed by atoms with Gasteiger partial charge in [0.1, 0.15) is 19.3 Å². The summed E-state index contributed by atoms with van der Waals surface area (Å²) in [5.41, 5.74) is 0. The quantitative estimate of drug-likeness (QED) is 0.0222. The van der Waals surface area contributed by atoms with E-state index in [1.807, 2.05) is 0 Å². The van der Waals surface area contributed by atoms with E-state index in [0.717, 1.165) is 103 Å². The summed E-state index contributed by atoms with van der Waals surface area (Å²) < 4.78 is 67.1. The van der Waals surface area contributed by atoms with Crippen molar-refractivity contribution in [1.29, 1.82) is 0 Å². The van der Waals surface area contributed by atoms with Crippen molar-refractivity contribution in [1.82, 2.24) is 0 Å². The van der Waals surface area contributed by atoms with Crippen LogP contribution in [-0.4, -0.2) is 96.7 Å². The van der Waals surface area contributed by atoms with Crippen LogP contribution in [-0.2, 0) is 65.4 Å². The maximum Gasteiger partial charge on any atom is 0.472 e. The van der Waals surface area contributed by atoms with Crippen molar-refractivity contribution in [3.8, 4) is 0 Å². The maximum atomic E-state index is 12.9. The van der Waals surface area contributed by atoms with Crippen molar-refractivity contribution in [3.05, 3.63) is 0 Å². The Morgan fingerprint density at radius 2 is 0.630 bits per heavy atom. The molecule has 73 heavy (non-hydrogen) atoms. The fraction of sp³-hybridized carbons (Fsp3) is 0.926. The van der Waals surface area contributed by atoms with Gasteiger partial charge in [-0.15, -0.1) is 0 Å². The molecule has 0 amide bonds. The zero-order valence-electron chi connectivity index (χ0n) is 46.3. The first-order valence-electron chi connectivity index (χ1n) is 28.6. The fourth-order valence-corrected chi connectivity index (χ4v) is 9.39. The number of unbranched alkanes of at least 4 members (excludes halogenated alkanes) is 26. The third-order valence-corrected chi connectivity index (χ3v) is 14.2. The lowest BCUT2D eigenvalue weighted by molar-refractivity contribution is -0.161. The number of hydrogen-bond donors (Lipinski definition) is 3. The normalized spacial score (nSPS) is 14.5. The van der Waals surface area contributed by atoms with Gasteiger partial charge < -0.3 is 33.8 Å². The van der Waals surface area contributed by atoms with E-state index in [-0.39, 0.29) is 25.7 Å². The van der Waals surface area contributed by atoms with Gasteiger partial charge in [-0.1, -0.05) is 208 Å². The molecule has 3 N–H and O–H groups in total. The van der Waals surface area contributed by atoms with Crippen LogP contribution in [0.3, 0.4) is 0 Å². The van der Waals surface area contributed by atoms with E-state index >= 15 is 0 Å². The first kappa shape index (κ1) is 71.1.